The van der Waals surface area contributed by atoms with Crippen LogP contribution in [-0.2, 0) is 14.8 Å². The summed E-state index contributed by atoms with van der Waals surface area (Å²) in [5, 5.41) is 0. The van der Waals surface area contributed by atoms with E-state index in [4.69, 9.17) is 10.5 Å². The minimum absolute atomic E-state index is 0.0217. The van der Waals surface area contributed by atoms with E-state index in [1.165, 1.54) is 22.6 Å². The van der Waals surface area contributed by atoms with Gasteiger partial charge >= 0.3 is 0 Å². The Labute approximate surface area is 100 Å². The molecule has 1 saturated heterocycles. The molecule has 0 aliphatic carbocycles. The summed E-state index contributed by atoms with van der Waals surface area (Å²) in [4.78, 5) is 3.97. The lowest BCUT2D eigenvalue weighted by Crippen LogP contribution is -2.30. The quantitative estimate of drug-likeness (QED) is 0.828. The number of pyridine rings is 1. The molecule has 2 N–H and O–H groups in total. The van der Waals surface area contributed by atoms with Gasteiger partial charge in [0.2, 0.25) is 10.0 Å². The predicted octanol–water partition coefficient (Wildman–Crippen LogP) is 0.0732. The van der Waals surface area contributed by atoms with Gasteiger partial charge in [-0.25, -0.2) is 13.4 Å². The maximum absolute atomic E-state index is 12.2. The van der Waals surface area contributed by atoms with Crippen LogP contribution < -0.4 is 5.73 Å². The van der Waals surface area contributed by atoms with Gasteiger partial charge in [-0.2, -0.15) is 4.31 Å². The molecule has 2 rings (SSSR count). The van der Waals surface area contributed by atoms with Crippen molar-refractivity contribution < 1.29 is 13.2 Å². The second-order valence-electron chi connectivity index (χ2n) is 3.93. The number of sulfonamides is 1. The van der Waals surface area contributed by atoms with Gasteiger partial charge in [0.1, 0.15) is 10.7 Å². The van der Waals surface area contributed by atoms with Crippen molar-refractivity contribution in [3.8, 4) is 0 Å². The van der Waals surface area contributed by atoms with Gasteiger partial charge in [0, 0.05) is 26.4 Å². The van der Waals surface area contributed by atoms with Crippen LogP contribution in [0.1, 0.15) is 6.42 Å². The molecule has 1 aliphatic heterocycles. The molecule has 17 heavy (non-hydrogen) atoms. The highest BCUT2D eigenvalue weighted by Gasteiger charge is 2.32. The first kappa shape index (κ1) is 12.3. The van der Waals surface area contributed by atoms with E-state index in [0.29, 0.717) is 18.9 Å². The Balaban J connectivity index is 2.22. The first-order valence-electron chi connectivity index (χ1n) is 5.28. The summed E-state index contributed by atoms with van der Waals surface area (Å²) in [6.45, 7) is 0.869. The summed E-state index contributed by atoms with van der Waals surface area (Å²) < 4.78 is 31.0. The molecule has 7 heteroatoms. The molecule has 6 nitrogen and oxygen atoms in total. The van der Waals surface area contributed by atoms with Crippen LogP contribution in [0.5, 0.6) is 0 Å². The molecule has 0 bridgehead atoms. The number of hydrogen-bond donors (Lipinski definition) is 1. The average Bonchev–Trinajstić information content (AvgIpc) is 2.78. The van der Waals surface area contributed by atoms with Gasteiger partial charge in [-0.15, -0.1) is 0 Å². The molecule has 0 radical (unpaired) electrons. The Bertz CT molecular complexity index is 486. The largest absolute Gasteiger partial charge is 0.384 e. The van der Waals surface area contributed by atoms with Crippen molar-refractivity contribution in [1.82, 2.24) is 9.29 Å². The average molecular weight is 257 g/mol. The number of anilines is 1. The highest BCUT2D eigenvalue weighted by molar-refractivity contribution is 7.89. The lowest BCUT2D eigenvalue weighted by atomic mass is 10.3. The van der Waals surface area contributed by atoms with E-state index in [2.05, 4.69) is 4.98 Å². The third-order valence-electron chi connectivity index (χ3n) is 2.84. The smallest absolute Gasteiger partial charge is 0.244 e. The minimum Gasteiger partial charge on any atom is -0.384 e. The summed E-state index contributed by atoms with van der Waals surface area (Å²) in [6.07, 6.45) is 1.98. The second kappa shape index (κ2) is 4.59. The minimum atomic E-state index is -3.46. The van der Waals surface area contributed by atoms with Gasteiger partial charge in [-0.1, -0.05) is 0 Å². The maximum atomic E-state index is 12.2. The third-order valence-corrected chi connectivity index (χ3v) is 4.69. The van der Waals surface area contributed by atoms with Gasteiger partial charge in [-0.05, 0) is 18.6 Å². The molecule has 1 fully saturated rings. The van der Waals surface area contributed by atoms with E-state index in [1.54, 1.807) is 7.11 Å². The summed E-state index contributed by atoms with van der Waals surface area (Å²) in [5.74, 6) is 0.306. The van der Waals surface area contributed by atoms with Crippen molar-refractivity contribution in [2.24, 2.45) is 0 Å². The fraction of sp³-hybridized carbons (Fsp3) is 0.500. The Hall–Kier alpha value is -1.18. The molecule has 0 aromatic carbocycles. The maximum Gasteiger partial charge on any atom is 0.244 e. The van der Waals surface area contributed by atoms with Crippen molar-refractivity contribution in [1.29, 1.82) is 0 Å². The van der Waals surface area contributed by atoms with Crippen molar-refractivity contribution in [2.45, 2.75) is 17.4 Å². The number of methoxy groups -OCH3 is 1. The molecule has 1 aromatic rings. The second-order valence-corrected chi connectivity index (χ2v) is 5.87. The van der Waals surface area contributed by atoms with Gasteiger partial charge < -0.3 is 10.5 Å². The Kier molecular flexibility index (Phi) is 3.32. The zero-order chi connectivity index (χ0) is 12.5. The Morgan fingerprint density at radius 3 is 2.82 bits per heavy atom. The van der Waals surface area contributed by atoms with Crippen molar-refractivity contribution in [2.75, 3.05) is 25.9 Å². The Morgan fingerprint density at radius 2 is 2.29 bits per heavy atom. The van der Waals surface area contributed by atoms with E-state index in [1.807, 2.05) is 0 Å². The van der Waals surface area contributed by atoms with Crippen LogP contribution in [0.4, 0.5) is 5.82 Å². The van der Waals surface area contributed by atoms with Crippen LogP contribution in [0.25, 0.3) is 0 Å². The zero-order valence-electron chi connectivity index (χ0n) is 9.54. The monoisotopic (exact) mass is 257 g/mol. The highest BCUT2D eigenvalue weighted by Crippen LogP contribution is 2.21. The van der Waals surface area contributed by atoms with Gasteiger partial charge in [0.15, 0.2) is 0 Å². The van der Waals surface area contributed by atoms with E-state index in [-0.39, 0.29) is 11.0 Å². The molecular weight excluding hydrogens is 242 g/mol. The molecule has 0 spiro atoms. The van der Waals surface area contributed by atoms with Crippen LogP contribution in [0, 0.1) is 0 Å². The van der Waals surface area contributed by atoms with Crippen LogP contribution >= 0.6 is 0 Å². The van der Waals surface area contributed by atoms with Crippen LogP contribution in [0.3, 0.4) is 0 Å². The molecule has 1 unspecified atom stereocenters. The summed E-state index contributed by atoms with van der Waals surface area (Å²) >= 11 is 0. The molecule has 1 aliphatic rings. The zero-order valence-corrected chi connectivity index (χ0v) is 10.4. The molecule has 0 amide bonds. The highest BCUT2D eigenvalue weighted by atomic mass is 32.2. The van der Waals surface area contributed by atoms with E-state index >= 15 is 0 Å². The number of rotatable bonds is 3. The van der Waals surface area contributed by atoms with E-state index < -0.39 is 10.0 Å². The molecule has 1 atom stereocenters. The van der Waals surface area contributed by atoms with Gasteiger partial charge in [-0.3, -0.25) is 0 Å². The molecule has 94 valence electrons. The fourth-order valence-electron chi connectivity index (χ4n) is 1.80. The van der Waals surface area contributed by atoms with Crippen molar-refractivity contribution in [3.63, 3.8) is 0 Å². The molecule has 1 aromatic heterocycles. The topological polar surface area (TPSA) is 85.5 Å². The normalized spacial score (nSPS) is 21.8. The van der Waals surface area contributed by atoms with Crippen LogP contribution in [0.2, 0.25) is 0 Å². The number of aromatic nitrogens is 1. The first-order valence-corrected chi connectivity index (χ1v) is 6.72. The third kappa shape index (κ3) is 2.41. The number of ether oxygens (including phenoxy) is 1. The number of nitrogen functional groups attached to an aromatic ring is 1. The molecule has 0 saturated carbocycles. The van der Waals surface area contributed by atoms with Crippen LogP contribution in [0.15, 0.2) is 23.2 Å². The van der Waals surface area contributed by atoms with Crippen molar-refractivity contribution >= 4 is 15.8 Å². The number of nitrogens with two attached hydrogens (primary N) is 1. The molecular formula is C10H15N3O3S. The lowest BCUT2D eigenvalue weighted by molar-refractivity contribution is 0.115. The summed E-state index contributed by atoms with van der Waals surface area (Å²) in [7, 11) is -1.87. The lowest BCUT2D eigenvalue weighted by Gasteiger charge is -2.15. The fourth-order valence-corrected chi connectivity index (χ4v) is 3.23. The standard InChI is InChI=1S/C10H15N3O3S/c1-16-8-4-5-13(7-8)17(14,15)9-2-3-10(11)12-6-9/h2-3,6,8H,4-5,7H2,1H3,(H2,11,12). The van der Waals surface area contributed by atoms with Crippen LogP contribution in [-0.4, -0.2) is 44.0 Å². The Morgan fingerprint density at radius 1 is 1.53 bits per heavy atom. The van der Waals surface area contributed by atoms with Gasteiger partial charge in [0.25, 0.3) is 0 Å². The predicted molar refractivity (Wildman–Crippen MR) is 62.8 cm³/mol. The SMILES string of the molecule is COC1CCN(S(=O)(=O)c2ccc(N)nc2)C1. The first-order chi connectivity index (χ1) is 8.04. The van der Waals surface area contributed by atoms with Crippen molar-refractivity contribution in [3.05, 3.63) is 18.3 Å². The summed E-state index contributed by atoms with van der Waals surface area (Å²) in [5.41, 5.74) is 5.43. The number of nitrogens with zero attached hydrogens (tertiary/aromatic N) is 2. The number of hydrogen-bond acceptors (Lipinski definition) is 5. The van der Waals surface area contributed by atoms with E-state index in [9.17, 15) is 8.42 Å². The van der Waals surface area contributed by atoms with Gasteiger partial charge in [0.05, 0.1) is 6.10 Å². The van der Waals surface area contributed by atoms with E-state index in [0.717, 1.165) is 6.42 Å². The molecule has 2 heterocycles. The summed E-state index contributed by atoms with van der Waals surface area (Å²) in [6, 6.07) is 2.95.